The van der Waals surface area contributed by atoms with Crippen LogP contribution in [0.5, 0.6) is 5.75 Å². The summed E-state index contributed by atoms with van der Waals surface area (Å²) in [5.74, 6) is 1.18. The summed E-state index contributed by atoms with van der Waals surface area (Å²) in [4.78, 5) is 15.7. The normalized spacial score (nSPS) is 18.8. The van der Waals surface area contributed by atoms with E-state index >= 15 is 0 Å². The minimum Gasteiger partial charge on any atom is -0.461 e. The van der Waals surface area contributed by atoms with E-state index in [0.717, 1.165) is 16.8 Å². The first kappa shape index (κ1) is 12.0. The van der Waals surface area contributed by atoms with Crippen molar-refractivity contribution in [2.24, 2.45) is 4.99 Å². The number of carbonyl (C=O) groups is 1. The first-order chi connectivity index (χ1) is 10.2. The van der Waals surface area contributed by atoms with Gasteiger partial charge in [-0.25, -0.2) is 9.79 Å². The number of carbonyl (C=O) groups excluding carboxylic acids is 1. The van der Waals surface area contributed by atoms with Crippen molar-refractivity contribution in [3.05, 3.63) is 48.0 Å². The molecule has 2 N–H and O–H groups in total. The van der Waals surface area contributed by atoms with Crippen molar-refractivity contribution in [3.8, 4) is 16.9 Å². The highest BCUT2D eigenvalue weighted by molar-refractivity contribution is 6.08. The Morgan fingerprint density at radius 3 is 2.86 bits per heavy atom. The second-order valence-electron chi connectivity index (χ2n) is 5.15. The molecule has 104 valence electrons. The van der Waals surface area contributed by atoms with Gasteiger partial charge in [0.1, 0.15) is 11.4 Å². The Morgan fingerprint density at radius 1 is 1.14 bits per heavy atom. The highest BCUT2D eigenvalue weighted by Crippen LogP contribution is 2.36. The summed E-state index contributed by atoms with van der Waals surface area (Å²) in [5.41, 5.74) is 4.12. The Bertz CT molecular complexity index is 783. The summed E-state index contributed by atoms with van der Waals surface area (Å²) in [6.07, 6.45) is -0.516. The van der Waals surface area contributed by atoms with Gasteiger partial charge in [-0.3, -0.25) is 10.6 Å². The van der Waals surface area contributed by atoms with Crippen molar-refractivity contribution in [1.82, 2.24) is 10.6 Å². The third-order valence-corrected chi connectivity index (χ3v) is 3.55. The Kier molecular flexibility index (Phi) is 2.47. The molecule has 0 saturated carbocycles. The number of aliphatic imine (C=N–C) groups is 1. The molecular weight excluding hydrogens is 266 g/mol. The molecule has 5 heteroatoms. The minimum absolute atomic E-state index is 0.287. The molecule has 1 unspecified atom stereocenters. The van der Waals surface area contributed by atoms with Crippen LogP contribution in [0.3, 0.4) is 0 Å². The first-order valence-electron chi connectivity index (χ1n) is 6.73. The molecule has 2 aromatic rings. The number of rotatable bonds is 1. The van der Waals surface area contributed by atoms with E-state index in [-0.39, 0.29) is 6.03 Å². The SMILES string of the molecule is Cc1cccc(-c2ccc3c(c2)OC2NC(=O)NC2=N3)c1. The molecule has 0 aromatic heterocycles. The third kappa shape index (κ3) is 2.03. The predicted molar refractivity (Wildman–Crippen MR) is 79.8 cm³/mol. The predicted octanol–water partition coefficient (Wildman–Crippen LogP) is 2.72. The zero-order valence-electron chi connectivity index (χ0n) is 11.4. The van der Waals surface area contributed by atoms with E-state index in [1.165, 1.54) is 5.56 Å². The number of urea groups is 1. The molecular formula is C16H13N3O2. The summed E-state index contributed by atoms with van der Waals surface area (Å²) >= 11 is 0. The minimum atomic E-state index is -0.516. The van der Waals surface area contributed by atoms with Crippen molar-refractivity contribution in [2.75, 3.05) is 0 Å². The lowest BCUT2D eigenvalue weighted by Crippen LogP contribution is -2.36. The lowest BCUT2D eigenvalue weighted by Gasteiger charge is -2.20. The summed E-state index contributed by atoms with van der Waals surface area (Å²) < 4.78 is 5.79. The number of benzene rings is 2. The van der Waals surface area contributed by atoms with Gasteiger partial charge in [-0.1, -0.05) is 35.9 Å². The number of nitrogens with zero attached hydrogens (tertiary/aromatic N) is 1. The monoisotopic (exact) mass is 279 g/mol. The topological polar surface area (TPSA) is 62.7 Å². The molecule has 1 fully saturated rings. The Morgan fingerprint density at radius 2 is 2.00 bits per heavy atom. The number of aryl methyl sites for hydroxylation is 1. The summed E-state index contributed by atoms with van der Waals surface area (Å²) in [6, 6.07) is 13.9. The van der Waals surface area contributed by atoms with E-state index in [1.807, 2.05) is 24.3 Å². The summed E-state index contributed by atoms with van der Waals surface area (Å²) in [6.45, 7) is 2.06. The number of amides is 2. The average molecular weight is 279 g/mol. The average Bonchev–Trinajstić information content (AvgIpc) is 2.83. The number of fused-ring (bicyclic) bond motifs is 2. The van der Waals surface area contributed by atoms with Crippen LogP contribution in [0, 0.1) is 6.92 Å². The van der Waals surface area contributed by atoms with Crippen LogP contribution in [-0.4, -0.2) is 18.1 Å². The van der Waals surface area contributed by atoms with Crippen LogP contribution in [0.15, 0.2) is 47.5 Å². The third-order valence-electron chi connectivity index (χ3n) is 3.55. The molecule has 2 heterocycles. The molecule has 0 radical (unpaired) electrons. The van der Waals surface area contributed by atoms with Gasteiger partial charge in [-0.2, -0.15) is 0 Å². The number of amidine groups is 1. The van der Waals surface area contributed by atoms with Crippen LogP contribution in [0.25, 0.3) is 11.1 Å². The van der Waals surface area contributed by atoms with Crippen LogP contribution < -0.4 is 15.4 Å². The second kappa shape index (κ2) is 4.34. The fraction of sp³-hybridized carbons (Fsp3) is 0.125. The zero-order chi connectivity index (χ0) is 14.4. The maximum absolute atomic E-state index is 11.3. The van der Waals surface area contributed by atoms with E-state index in [9.17, 15) is 4.79 Å². The van der Waals surface area contributed by atoms with Crippen LogP contribution in [-0.2, 0) is 0 Å². The maximum atomic E-state index is 11.3. The van der Waals surface area contributed by atoms with Crippen LogP contribution >= 0.6 is 0 Å². The van der Waals surface area contributed by atoms with Gasteiger partial charge in [0.25, 0.3) is 0 Å². The molecule has 2 amide bonds. The van der Waals surface area contributed by atoms with Crippen molar-refractivity contribution < 1.29 is 9.53 Å². The number of nitrogens with one attached hydrogen (secondary N) is 2. The molecule has 2 aliphatic heterocycles. The van der Waals surface area contributed by atoms with Crippen molar-refractivity contribution in [3.63, 3.8) is 0 Å². The lowest BCUT2D eigenvalue weighted by molar-refractivity contribution is 0.220. The molecule has 0 spiro atoms. The largest absolute Gasteiger partial charge is 0.461 e. The molecule has 4 rings (SSSR count). The first-order valence-corrected chi connectivity index (χ1v) is 6.73. The van der Waals surface area contributed by atoms with Gasteiger partial charge in [0.05, 0.1) is 0 Å². The van der Waals surface area contributed by atoms with Crippen molar-refractivity contribution >= 4 is 17.6 Å². The standard InChI is InChI=1S/C16H13N3O2/c1-9-3-2-4-10(7-9)11-5-6-12-13(8-11)21-15-14(17-12)18-16(20)19-15/h2-8,15H,1H3,(H2,17,18,19,20). The fourth-order valence-electron chi connectivity index (χ4n) is 2.54. The van der Waals surface area contributed by atoms with Gasteiger partial charge in [-0.15, -0.1) is 0 Å². The van der Waals surface area contributed by atoms with Gasteiger partial charge in [0.15, 0.2) is 5.84 Å². The van der Waals surface area contributed by atoms with Gasteiger partial charge in [0.2, 0.25) is 6.23 Å². The number of hydrogen-bond donors (Lipinski definition) is 2. The molecule has 1 saturated heterocycles. The van der Waals surface area contributed by atoms with E-state index in [4.69, 9.17) is 4.74 Å². The fourth-order valence-corrected chi connectivity index (χ4v) is 2.54. The molecule has 0 bridgehead atoms. The molecule has 1 atom stereocenters. The zero-order valence-corrected chi connectivity index (χ0v) is 11.4. The number of hydrogen-bond acceptors (Lipinski definition) is 3. The van der Waals surface area contributed by atoms with Crippen molar-refractivity contribution in [2.45, 2.75) is 13.2 Å². The highest BCUT2D eigenvalue weighted by Gasteiger charge is 2.33. The van der Waals surface area contributed by atoms with Gasteiger partial charge >= 0.3 is 6.03 Å². The Hall–Kier alpha value is -2.82. The summed E-state index contributed by atoms with van der Waals surface area (Å²) in [5, 5.41) is 5.29. The van der Waals surface area contributed by atoms with Crippen LogP contribution in [0.2, 0.25) is 0 Å². The van der Waals surface area contributed by atoms with E-state index in [2.05, 4.69) is 40.7 Å². The lowest BCUT2D eigenvalue weighted by atomic mass is 10.0. The van der Waals surface area contributed by atoms with Crippen LogP contribution in [0.1, 0.15) is 5.56 Å². The Balaban J connectivity index is 1.74. The smallest absolute Gasteiger partial charge is 0.323 e. The van der Waals surface area contributed by atoms with E-state index < -0.39 is 6.23 Å². The molecule has 21 heavy (non-hydrogen) atoms. The van der Waals surface area contributed by atoms with Crippen LogP contribution in [0.4, 0.5) is 10.5 Å². The van der Waals surface area contributed by atoms with Gasteiger partial charge < -0.3 is 4.74 Å². The summed E-state index contributed by atoms with van der Waals surface area (Å²) in [7, 11) is 0. The van der Waals surface area contributed by atoms with Crippen molar-refractivity contribution in [1.29, 1.82) is 0 Å². The van der Waals surface area contributed by atoms with E-state index in [1.54, 1.807) is 0 Å². The molecule has 2 aliphatic rings. The van der Waals surface area contributed by atoms with E-state index in [0.29, 0.717) is 11.6 Å². The molecule has 0 aliphatic carbocycles. The highest BCUT2D eigenvalue weighted by atomic mass is 16.5. The number of ether oxygens (including phenoxy) is 1. The quantitative estimate of drug-likeness (QED) is 0.843. The Labute approximate surface area is 121 Å². The van der Waals surface area contributed by atoms with Gasteiger partial charge in [-0.05, 0) is 30.2 Å². The second-order valence-corrected chi connectivity index (χ2v) is 5.15. The maximum Gasteiger partial charge on any atom is 0.323 e. The van der Waals surface area contributed by atoms with Gasteiger partial charge in [0, 0.05) is 0 Å². The molecule has 2 aromatic carbocycles. The molecule has 5 nitrogen and oxygen atoms in total.